The Hall–Kier alpha value is -5.02. The maximum absolute atomic E-state index is 13.2. The van der Waals surface area contributed by atoms with Crippen molar-refractivity contribution in [1.29, 1.82) is 0 Å². The number of piperazine rings is 1. The number of nitrogens with one attached hydrogen (secondary N) is 1. The average molecular weight is 680 g/mol. The smallest absolute Gasteiger partial charge is 0.303 e. The number of carboxylic acid groups (broad SMARTS) is 1. The fourth-order valence-electron chi connectivity index (χ4n) is 6.20. The molecule has 0 aliphatic carbocycles. The molecule has 1 amide bonds. The highest BCUT2D eigenvalue weighted by Crippen LogP contribution is 2.30. The van der Waals surface area contributed by atoms with Crippen molar-refractivity contribution < 1.29 is 28.9 Å². The zero-order chi connectivity index (χ0) is 35.3. The Labute approximate surface area is 295 Å². The van der Waals surface area contributed by atoms with Gasteiger partial charge < -0.3 is 29.5 Å². The molecule has 0 bridgehead atoms. The molecule has 0 saturated carbocycles. The molecule has 1 heterocycles. The summed E-state index contributed by atoms with van der Waals surface area (Å²) in [7, 11) is 1.72. The minimum atomic E-state index is -0.878. The normalized spacial score (nSPS) is 13.9. The fraction of sp³-hybridized carbons (Fsp3) is 0.366. The Morgan fingerprint density at radius 1 is 0.840 bits per heavy atom. The van der Waals surface area contributed by atoms with Gasteiger partial charge in [0.05, 0.1) is 25.0 Å². The molecule has 0 radical (unpaired) electrons. The summed E-state index contributed by atoms with van der Waals surface area (Å²) < 4.78 is 18.0. The monoisotopic (exact) mass is 679 g/mol. The molecule has 9 heteroatoms. The Morgan fingerprint density at radius 3 is 2.20 bits per heavy atom. The van der Waals surface area contributed by atoms with Crippen LogP contribution in [0.3, 0.4) is 0 Å². The van der Waals surface area contributed by atoms with Crippen molar-refractivity contribution in [1.82, 2.24) is 4.90 Å². The standard InChI is InChI=1S/C41H49N3O6/c1-30(2)29-31-14-16-32(17-15-31)37(22-23-43-24-26-44(27-25-43)36-10-5-7-12-39(36)48-3)50-34-20-18-33(19-21-34)42-41(47)35-9-4-6-11-38(35)49-28-8-13-40(45)46/h4-7,9-12,14-21,30,37H,8,13,22-29H2,1-3H3,(H,42,47)(H,45,46). The van der Waals surface area contributed by atoms with Gasteiger partial charge >= 0.3 is 5.97 Å². The summed E-state index contributed by atoms with van der Waals surface area (Å²) in [6, 6.07) is 31.4. The van der Waals surface area contributed by atoms with Gasteiger partial charge in [0.15, 0.2) is 0 Å². The Morgan fingerprint density at radius 2 is 1.52 bits per heavy atom. The van der Waals surface area contributed by atoms with Crippen LogP contribution in [-0.4, -0.2) is 68.3 Å². The molecule has 1 aliphatic heterocycles. The molecule has 50 heavy (non-hydrogen) atoms. The molecule has 1 saturated heterocycles. The molecular weight excluding hydrogens is 630 g/mol. The van der Waals surface area contributed by atoms with E-state index >= 15 is 0 Å². The maximum atomic E-state index is 13.2. The van der Waals surface area contributed by atoms with Gasteiger partial charge in [-0.25, -0.2) is 0 Å². The van der Waals surface area contributed by atoms with Gasteiger partial charge in [0.25, 0.3) is 5.91 Å². The quantitative estimate of drug-likeness (QED) is 0.110. The van der Waals surface area contributed by atoms with Crippen molar-refractivity contribution in [2.75, 3.05) is 56.7 Å². The van der Waals surface area contributed by atoms with Crippen molar-refractivity contribution in [3.8, 4) is 17.2 Å². The number of hydrogen-bond donors (Lipinski definition) is 2. The lowest BCUT2D eigenvalue weighted by atomic mass is 9.99. The third kappa shape index (κ3) is 10.5. The number of para-hydroxylation sites is 3. The van der Waals surface area contributed by atoms with Crippen molar-refractivity contribution >= 4 is 23.3 Å². The summed E-state index contributed by atoms with van der Waals surface area (Å²) >= 11 is 0. The number of carboxylic acids is 1. The first-order valence-corrected chi connectivity index (χ1v) is 17.5. The lowest BCUT2D eigenvalue weighted by Crippen LogP contribution is -2.47. The lowest BCUT2D eigenvalue weighted by Gasteiger charge is -2.37. The number of ether oxygens (including phenoxy) is 3. The third-order valence-electron chi connectivity index (χ3n) is 8.82. The molecule has 0 spiro atoms. The highest BCUT2D eigenvalue weighted by atomic mass is 16.5. The predicted molar refractivity (Wildman–Crippen MR) is 198 cm³/mol. The van der Waals surface area contributed by atoms with Crippen molar-refractivity contribution in [3.63, 3.8) is 0 Å². The van der Waals surface area contributed by atoms with Crippen LogP contribution in [0.15, 0.2) is 97.1 Å². The number of nitrogens with zero attached hydrogens (tertiary/aromatic N) is 2. The van der Waals surface area contributed by atoms with Crippen molar-refractivity contribution in [2.45, 2.75) is 45.6 Å². The van der Waals surface area contributed by atoms with Crippen LogP contribution in [0, 0.1) is 5.92 Å². The lowest BCUT2D eigenvalue weighted by molar-refractivity contribution is -0.137. The topological polar surface area (TPSA) is 101 Å². The molecule has 1 fully saturated rings. The first-order chi connectivity index (χ1) is 24.3. The van der Waals surface area contributed by atoms with Gasteiger partial charge in [-0.3, -0.25) is 14.5 Å². The van der Waals surface area contributed by atoms with Crippen molar-refractivity contribution in [3.05, 3.63) is 114 Å². The van der Waals surface area contributed by atoms with Gasteiger partial charge in [0, 0.05) is 51.3 Å². The molecule has 4 aromatic rings. The van der Waals surface area contributed by atoms with Gasteiger partial charge in [-0.2, -0.15) is 0 Å². The first kappa shape index (κ1) is 36.3. The van der Waals surface area contributed by atoms with Crippen LogP contribution in [0.25, 0.3) is 0 Å². The Balaban J connectivity index is 1.21. The van der Waals surface area contributed by atoms with Crippen LogP contribution >= 0.6 is 0 Å². The summed E-state index contributed by atoms with van der Waals surface area (Å²) in [5.41, 5.74) is 4.62. The fourth-order valence-corrected chi connectivity index (χ4v) is 6.20. The van der Waals surface area contributed by atoms with E-state index in [4.69, 9.17) is 19.3 Å². The van der Waals surface area contributed by atoms with E-state index in [1.165, 1.54) is 5.56 Å². The number of rotatable bonds is 17. The van der Waals surface area contributed by atoms with Gasteiger partial charge in [0.2, 0.25) is 0 Å². The SMILES string of the molecule is COc1ccccc1N1CCN(CCC(Oc2ccc(NC(=O)c3ccccc3OCCCC(=O)O)cc2)c2ccc(CC(C)C)cc2)CC1. The van der Waals surface area contributed by atoms with E-state index in [-0.39, 0.29) is 25.0 Å². The van der Waals surface area contributed by atoms with E-state index in [0.29, 0.717) is 29.3 Å². The molecule has 5 rings (SSSR count). The van der Waals surface area contributed by atoms with Crippen LogP contribution < -0.4 is 24.4 Å². The molecular formula is C41H49N3O6. The number of carbonyl (C=O) groups excluding carboxylic acids is 1. The minimum absolute atomic E-state index is 0.00877. The predicted octanol–water partition coefficient (Wildman–Crippen LogP) is 7.72. The highest BCUT2D eigenvalue weighted by Gasteiger charge is 2.22. The van der Waals surface area contributed by atoms with E-state index in [1.807, 2.05) is 36.4 Å². The Kier molecular flexibility index (Phi) is 13.1. The summed E-state index contributed by atoms with van der Waals surface area (Å²) in [6.45, 7) is 9.38. The van der Waals surface area contributed by atoms with E-state index in [2.05, 4.69) is 65.4 Å². The molecule has 264 valence electrons. The second kappa shape index (κ2) is 18.1. The third-order valence-corrected chi connectivity index (χ3v) is 8.82. The van der Waals surface area contributed by atoms with Gasteiger partial charge in [-0.1, -0.05) is 62.4 Å². The van der Waals surface area contributed by atoms with E-state index in [1.54, 1.807) is 31.4 Å². The summed E-state index contributed by atoms with van der Waals surface area (Å²) in [4.78, 5) is 28.9. The zero-order valence-electron chi connectivity index (χ0n) is 29.3. The molecule has 4 aromatic carbocycles. The van der Waals surface area contributed by atoms with Crippen LogP contribution in [0.1, 0.15) is 60.7 Å². The largest absolute Gasteiger partial charge is 0.495 e. The second-order valence-electron chi connectivity index (χ2n) is 13.1. The van der Waals surface area contributed by atoms with E-state index in [0.717, 1.165) is 68.3 Å². The minimum Gasteiger partial charge on any atom is -0.495 e. The van der Waals surface area contributed by atoms with Gasteiger partial charge in [0.1, 0.15) is 23.4 Å². The number of carbonyl (C=O) groups is 2. The van der Waals surface area contributed by atoms with Crippen LogP contribution in [0.4, 0.5) is 11.4 Å². The molecule has 1 unspecified atom stereocenters. The zero-order valence-corrected chi connectivity index (χ0v) is 29.3. The second-order valence-corrected chi connectivity index (χ2v) is 13.1. The Bertz CT molecular complexity index is 1670. The molecule has 1 atom stereocenters. The van der Waals surface area contributed by atoms with Gasteiger partial charge in [-0.05, 0) is 78.4 Å². The molecule has 0 aromatic heterocycles. The van der Waals surface area contributed by atoms with Crippen LogP contribution in [-0.2, 0) is 11.2 Å². The van der Waals surface area contributed by atoms with Crippen molar-refractivity contribution in [2.24, 2.45) is 5.92 Å². The first-order valence-electron chi connectivity index (χ1n) is 17.5. The molecule has 9 nitrogen and oxygen atoms in total. The average Bonchev–Trinajstić information content (AvgIpc) is 3.13. The highest BCUT2D eigenvalue weighted by molar-refractivity contribution is 6.06. The van der Waals surface area contributed by atoms with E-state index < -0.39 is 5.97 Å². The number of anilines is 2. The summed E-state index contributed by atoms with van der Waals surface area (Å²) in [5, 5.41) is 11.8. The number of benzene rings is 4. The molecule has 1 aliphatic rings. The van der Waals surface area contributed by atoms with E-state index in [9.17, 15) is 9.59 Å². The van der Waals surface area contributed by atoms with Crippen LogP contribution in [0.5, 0.6) is 17.2 Å². The summed E-state index contributed by atoms with van der Waals surface area (Å²) in [6.07, 6.45) is 2.10. The number of methoxy groups -OCH3 is 1. The van der Waals surface area contributed by atoms with Crippen LogP contribution in [0.2, 0.25) is 0 Å². The number of amides is 1. The number of hydrogen-bond acceptors (Lipinski definition) is 7. The maximum Gasteiger partial charge on any atom is 0.303 e. The number of aliphatic carboxylic acids is 1. The van der Waals surface area contributed by atoms with Gasteiger partial charge in [-0.15, -0.1) is 0 Å². The molecule has 2 N–H and O–H groups in total. The summed E-state index contributed by atoms with van der Waals surface area (Å²) in [5.74, 6) is 1.45.